The van der Waals surface area contributed by atoms with Gasteiger partial charge in [-0.2, -0.15) is 5.10 Å². The number of aromatic nitrogens is 2. The van der Waals surface area contributed by atoms with Crippen LogP contribution in [0.3, 0.4) is 0 Å². The molecule has 2 N–H and O–H groups in total. The van der Waals surface area contributed by atoms with Crippen molar-refractivity contribution in [2.45, 2.75) is 0 Å². The third-order valence-corrected chi connectivity index (χ3v) is 4.86. The summed E-state index contributed by atoms with van der Waals surface area (Å²) in [6.45, 7) is 0. The number of nitrogens with zero attached hydrogens (tertiary/aromatic N) is 4. The van der Waals surface area contributed by atoms with Crippen LogP contribution >= 0.6 is 0 Å². The second-order valence-electron chi connectivity index (χ2n) is 7.11. The van der Waals surface area contributed by atoms with Crippen LogP contribution in [0, 0.1) is 0 Å². The monoisotopic (exact) mass is 393 g/mol. The molecular formula is C25H23N5. The Morgan fingerprint density at radius 1 is 0.767 bits per heavy atom. The summed E-state index contributed by atoms with van der Waals surface area (Å²) in [6, 6.07) is 30.0. The van der Waals surface area contributed by atoms with Crippen LogP contribution in [-0.4, -0.2) is 29.8 Å². The first-order valence-electron chi connectivity index (χ1n) is 9.71. The molecule has 4 rings (SSSR count). The summed E-state index contributed by atoms with van der Waals surface area (Å²) in [5.41, 5.74) is 6.09. The Bertz CT molecular complexity index is 1090. The van der Waals surface area contributed by atoms with Gasteiger partial charge in [-0.1, -0.05) is 72.8 Å². The van der Waals surface area contributed by atoms with E-state index in [1.807, 2.05) is 105 Å². The number of anilines is 1. The number of rotatable bonds is 5. The highest BCUT2D eigenvalue weighted by Crippen LogP contribution is 2.24. The predicted octanol–water partition coefficient (Wildman–Crippen LogP) is 4.59. The molecule has 0 fully saturated rings. The molecule has 0 unspecified atom stereocenters. The summed E-state index contributed by atoms with van der Waals surface area (Å²) in [6.07, 6.45) is 0. The lowest BCUT2D eigenvalue weighted by atomic mass is 10.0. The van der Waals surface area contributed by atoms with E-state index in [0.717, 1.165) is 28.1 Å². The van der Waals surface area contributed by atoms with E-state index in [4.69, 9.17) is 15.8 Å². The second kappa shape index (κ2) is 8.57. The minimum Gasteiger partial charge on any atom is -0.378 e. The molecule has 0 radical (unpaired) electrons. The Hall–Kier alpha value is -3.99. The maximum absolute atomic E-state index is 5.83. The molecular weight excluding hydrogens is 370 g/mol. The van der Waals surface area contributed by atoms with Crippen molar-refractivity contribution in [2.24, 2.45) is 10.9 Å². The minimum absolute atomic E-state index is 0.622. The summed E-state index contributed by atoms with van der Waals surface area (Å²) in [5.74, 6) is 6.47. The Morgan fingerprint density at radius 2 is 1.37 bits per heavy atom. The molecule has 0 saturated heterocycles. The van der Waals surface area contributed by atoms with E-state index in [9.17, 15) is 0 Å². The van der Waals surface area contributed by atoms with E-state index in [1.54, 1.807) is 0 Å². The molecule has 4 aromatic rings. The van der Waals surface area contributed by atoms with Crippen LogP contribution in [-0.2, 0) is 0 Å². The molecule has 0 atom stereocenters. The van der Waals surface area contributed by atoms with Gasteiger partial charge < -0.3 is 10.7 Å². The average Bonchev–Trinajstić information content (AvgIpc) is 2.81. The highest BCUT2D eigenvalue weighted by atomic mass is 15.1. The fourth-order valence-electron chi connectivity index (χ4n) is 3.25. The molecule has 1 heterocycles. The molecule has 0 aliphatic carbocycles. The second-order valence-corrected chi connectivity index (χ2v) is 7.11. The number of hydrogen-bond donors (Lipinski definition) is 1. The van der Waals surface area contributed by atoms with Crippen LogP contribution in [0.1, 0.15) is 11.3 Å². The number of hydrazone groups is 1. The maximum atomic E-state index is 5.83. The molecule has 3 aromatic carbocycles. The van der Waals surface area contributed by atoms with Crippen molar-refractivity contribution in [3.8, 4) is 22.6 Å². The molecule has 5 heteroatoms. The quantitative estimate of drug-likeness (QED) is 0.306. The third kappa shape index (κ3) is 4.05. The Balaban J connectivity index is 1.85. The zero-order valence-electron chi connectivity index (χ0n) is 17.0. The topological polar surface area (TPSA) is 67.4 Å². The van der Waals surface area contributed by atoms with Gasteiger partial charge in [-0.05, 0) is 18.2 Å². The summed E-state index contributed by atoms with van der Waals surface area (Å²) >= 11 is 0. The SMILES string of the molecule is CN(C)c1ccc(/C(=N\N)c2cc(-c3ccccc3)nc(-c3ccccc3)n2)cc1. The van der Waals surface area contributed by atoms with Crippen LogP contribution in [0.4, 0.5) is 5.69 Å². The smallest absolute Gasteiger partial charge is 0.160 e. The fourth-order valence-corrected chi connectivity index (χ4v) is 3.25. The van der Waals surface area contributed by atoms with E-state index >= 15 is 0 Å². The molecule has 0 aliphatic rings. The highest BCUT2D eigenvalue weighted by molar-refractivity contribution is 6.12. The molecule has 0 amide bonds. The Morgan fingerprint density at radius 3 is 1.93 bits per heavy atom. The van der Waals surface area contributed by atoms with Crippen molar-refractivity contribution in [2.75, 3.05) is 19.0 Å². The number of benzene rings is 3. The number of hydrogen-bond acceptors (Lipinski definition) is 5. The van der Waals surface area contributed by atoms with E-state index in [-0.39, 0.29) is 0 Å². The van der Waals surface area contributed by atoms with E-state index in [0.29, 0.717) is 17.2 Å². The standard InChI is InChI=1S/C25H23N5/c1-30(2)21-15-13-19(14-16-21)24(29-26)23-17-22(18-9-5-3-6-10-18)27-25(28-23)20-11-7-4-8-12-20/h3-17H,26H2,1-2H3/b29-24+. The first-order chi connectivity index (χ1) is 14.7. The summed E-state index contributed by atoms with van der Waals surface area (Å²) < 4.78 is 0. The van der Waals surface area contributed by atoms with Crippen LogP contribution < -0.4 is 10.7 Å². The van der Waals surface area contributed by atoms with Crippen LogP contribution in [0.2, 0.25) is 0 Å². The molecule has 0 bridgehead atoms. The highest BCUT2D eigenvalue weighted by Gasteiger charge is 2.15. The van der Waals surface area contributed by atoms with Gasteiger partial charge in [0.1, 0.15) is 5.71 Å². The molecule has 5 nitrogen and oxygen atoms in total. The van der Waals surface area contributed by atoms with E-state index < -0.39 is 0 Å². The average molecular weight is 393 g/mol. The van der Waals surface area contributed by atoms with Gasteiger partial charge in [0.2, 0.25) is 0 Å². The first-order valence-corrected chi connectivity index (χ1v) is 9.71. The Kier molecular flexibility index (Phi) is 5.52. The van der Waals surface area contributed by atoms with Crippen molar-refractivity contribution >= 4 is 11.4 Å². The third-order valence-electron chi connectivity index (χ3n) is 4.86. The van der Waals surface area contributed by atoms with Gasteiger partial charge in [-0.3, -0.25) is 0 Å². The maximum Gasteiger partial charge on any atom is 0.160 e. The van der Waals surface area contributed by atoms with Crippen LogP contribution in [0.25, 0.3) is 22.6 Å². The van der Waals surface area contributed by atoms with Crippen molar-refractivity contribution in [1.82, 2.24) is 9.97 Å². The molecule has 1 aromatic heterocycles. The molecule has 30 heavy (non-hydrogen) atoms. The van der Waals surface area contributed by atoms with Crippen molar-refractivity contribution in [3.05, 3.63) is 102 Å². The number of nitrogens with two attached hydrogens (primary N) is 1. The van der Waals surface area contributed by atoms with Crippen molar-refractivity contribution in [3.63, 3.8) is 0 Å². The van der Waals surface area contributed by atoms with Crippen LogP contribution in [0.5, 0.6) is 0 Å². The lowest BCUT2D eigenvalue weighted by molar-refractivity contribution is 1.13. The van der Waals surface area contributed by atoms with Gasteiger partial charge in [0.25, 0.3) is 0 Å². The summed E-state index contributed by atoms with van der Waals surface area (Å²) in [5, 5.41) is 4.09. The summed E-state index contributed by atoms with van der Waals surface area (Å²) in [7, 11) is 4.02. The van der Waals surface area contributed by atoms with Crippen LogP contribution in [0.15, 0.2) is 96.1 Å². The minimum atomic E-state index is 0.622. The van der Waals surface area contributed by atoms with Gasteiger partial charge in [0, 0.05) is 36.5 Å². The van der Waals surface area contributed by atoms with Gasteiger partial charge in [-0.15, -0.1) is 0 Å². The lowest BCUT2D eigenvalue weighted by Gasteiger charge is -2.14. The van der Waals surface area contributed by atoms with Crippen molar-refractivity contribution in [1.29, 1.82) is 0 Å². The van der Waals surface area contributed by atoms with E-state index in [2.05, 4.69) is 10.0 Å². The zero-order chi connectivity index (χ0) is 20.9. The normalized spacial score (nSPS) is 11.3. The van der Waals surface area contributed by atoms with Gasteiger partial charge in [0.15, 0.2) is 5.82 Å². The molecule has 148 valence electrons. The molecule has 0 saturated carbocycles. The van der Waals surface area contributed by atoms with Gasteiger partial charge in [-0.25, -0.2) is 9.97 Å². The fraction of sp³-hybridized carbons (Fsp3) is 0.0800. The largest absolute Gasteiger partial charge is 0.378 e. The van der Waals surface area contributed by atoms with Crippen molar-refractivity contribution < 1.29 is 0 Å². The lowest BCUT2D eigenvalue weighted by Crippen LogP contribution is -2.12. The zero-order valence-corrected chi connectivity index (χ0v) is 17.0. The first kappa shape index (κ1) is 19.3. The van der Waals surface area contributed by atoms with Gasteiger partial charge >= 0.3 is 0 Å². The summed E-state index contributed by atoms with van der Waals surface area (Å²) in [4.78, 5) is 11.7. The van der Waals surface area contributed by atoms with E-state index in [1.165, 1.54) is 0 Å². The predicted molar refractivity (Wildman–Crippen MR) is 123 cm³/mol. The Labute approximate surface area is 176 Å². The molecule has 0 spiro atoms. The van der Waals surface area contributed by atoms with Gasteiger partial charge in [0.05, 0.1) is 11.4 Å². The molecule has 0 aliphatic heterocycles.